The van der Waals surface area contributed by atoms with Gasteiger partial charge < -0.3 is 4.98 Å². The molecule has 1 heterocycles. The van der Waals surface area contributed by atoms with Crippen molar-refractivity contribution in [3.05, 3.63) is 46.6 Å². The average Bonchev–Trinajstić information content (AvgIpc) is 2.71. The monoisotopic (exact) mass is 249 g/mol. The third kappa shape index (κ3) is 2.33. The Morgan fingerprint density at radius 3 is 2.59 bits per heavy atom. The lowest BCUT2D eigenvalue weighted by atomic mass is 10.1. The zero-order valence-corrected chi connectivity index (χ0v) is 10.0. The lowest BCUT2D eigenvalue weighted by Crippen LogP contribution is -2.30. The van der Waals surface area contributed by atoms with Crippen LogP contribution in [0.2, 0.25) is 5.02 Å². The summed E-state index contributed by atoms with van der Waals surface area (Å²) in [7, 11) is 0. The van der Waals surface area contributed by atoms with Crippen LogP contribution in [0.15, 0.2) is 30.3 Å². The first-order valence-corrected chi connectivity index (χ1v) is 5.46. The van der Waals surface area contributed by atoms with Crippen LogP contribution in [0.4, 0.5) is 0 Å². The highest BCUT2D eigenvalue weighted by Crippen LogP contribution is 2.23. The Morgan fingerprint density at radius 2 is 2.00 bits per heavy atom. The first kappa shape index (κ1) is 11.7. The summed E-state index contributed by atoms with van der Waals surface area (Å²) in [5.41, 5.74) is 5.25. The fourth-order valence-corrected chi connectivity index (χ4v) is 1.78. The van der Waals surface area contributed by atoms with Crippen LogP contribution in [-0.4, -0.2) is 10.9 Å². The lowest BCUT2D eigenvalue weighted by molar-refractivity contribution is 0.0949. The van der Waals surface area contributed by atoms with Crippen molar-refractivity contribution >= 4 is 17.5 Å². The van der Waals surface area contributed by atoms with Crippen molar-refractivity contribution in [3.8, 4) is 11.3 Å². The summed E-state index contributed by atoms with van der Waals surface area (Å²) in [6, 6.07) is 9.27. The Bertz CT molecular complexity index is 545. The van der Waals surface area contributed by atoms with Gasteiger partial charge in [0, 0.05) is 10.7 Å². The molecule has 1 aromatic carbocycles. The van der Waals surface area contributed by atoms with E-state index in [1.165, 1.54) is 0 Å². The highest BCUT2D eigenvalue weighted by molar-refractivity contribution is 6.30. The van der Waals surface area contributed by atoms with Gasteiger partial charge in [-0.2, -0.15) is 0 Å². The number of hydrogen-bond acceptors (Lipinski definition) is 2. The molecule has 0 aliphatic carbocycles. The number of carbonyl (C=O) groups is 1. The molecule has 2 aromatic rings. The predicted octanol–water partition coefficient (Wildman–Crippen LogP) is 2.25. The van der Waals surface area contributed by atoms with Gasteiger partial charge in [-0.05, 0) is 36.2 Å². The number of hydrogen-bond donors (Lipinski definition) is 3. The topological polar surface area (TPSA) is 70.9 Å². The summed E-state index contributed by atoms with van der Waals surface area (Å²) in [5, 5.41) is 0.678. The standard InChI is InChI=1S/C12H12ClN3O/c1-7-6-10(15-11(7)12(17)16-14)8-2-4-9(13)5-3-8/h2-6,15H,14H2,1H3,(H,16,17). The van der Waals surface area contributed by atoms with E-state index in [4.69, 9.17) is 17.4 Å². The van der Waals surface area contributed by atoms with Crippen LogP contribution in [0.5, 0.6) is 0 Å². The van der Waals surface area contributed by atoms with E-state index in [0.717, 1.165) is 16.8 Å². The number of amides is 1. The highest BCUT2D eigenvalue weighted by atomic mass is 35.5. The molecule has 5 heteroatoms. The molecule has 0 fully saturated rings. The molecule has 0 saturated carbocycles. The molecular weight excluding hydrogens is 238 g/mol. The van der Waals surface area contributed by atoms with Crippen LogP contribution in [-0.2, 0) is 0 Å². The molecule has 4 nitrogen and oxygen atoms in total. The summed E-state index contributed by atoms with van der Waals surface area (Å²) in [6.45, 7) is 1.85. The SMILES string of the molecule is Cc1cc(-c2ccc(Cl)cc2)[nH]c1C(=O)NN. The van der Waals surface area contributed by atoms with Crippen molar-refractivity contribution in [2.45, 2.75) is 6.92 Å². The van der Waals surface area contributed by atoms with Crippen LogP contribution < -0.4 is 11.3 Å². The van der Waals surface area contributed by atoms with E-state index in [1.54, 1.807) is 12.1 Å². The maximum Gasteiger partial charge on any atom is 0.281 e. The van der Waals surface area contributed by atoms with Crippen molar-refractivity contribution in [2.75, 3.05) is 0 Å². The van der Waals surface area contributed by atoms with E-state index < -0.39 is 0 Å². The molecule has 0 spiro atoms. The highest BCUT2D eigenvalue weighted by Gasteiger charge is 2.12. The number of H-pyrrole nitrogens is 1. The normalized spacial score (nSPS) is 10.3. The zero-order chi connectivity index (χ0) is 12.4. The Morgan fingerprint density at radius 1 is 1.35 bits per heavy atom. The van der Waals surface area contributed by atoms with Crippen LogP contribution in [0, 0.1) is 6.92 Å². The number of halogens is 1. The number of rotatable bonds is 2. The van der Waals surface area contributed by atoms with E-state index in [9.17, 15) is 4.79 Å². The average molecular weight is 250 g/mol. The zero-order valence-electron chi connectivity index (χ0n) is 9.25. The predicted molar refractivity (Wildman–Crippen MR) is 67.6 cm³/mol. The summed E-state index contributed by atoms with van der Waals surface area (Å²) in [6.07, 6.45) is 0. The Labute approximate surface area is 104 Å². The second-order valence-corrected chi connectivity index (χ2v) is 4.16. The number of nitrogen functional groups attached to an aromatic ring is 1. The maximum atomic E-state index is 11.4. The first-order valence-electron chi connectivity index (χ1n) is 5.08. The fraction of sp³-hybridized carbons (Fsp3) is 0.0833. The number of carbonyl (C=O) groups excluding carboxylic acids is 1. The molecular formula is C12H12ClN3O. The first-order chi connectivity index (χ1) is 8.11. The fourth-order valence-electron chi connectivity index (χ4n) is 1.65. The molecule has 0 radical (unpaired) electrons. The number of hydrazine groups is 1. The van der Waals surface area contributed by atoms with Gasteiger partial charge in [0.2, 0.25) is 0 Å². The van der Waals surface area contributed by atoms with E-state index in [1.807, 2.05) is 25.1 Å². The number of nitrogens with two attached hydrogens (primary N) is 1. The molecule has 0 aliphatic rings. The quantitative estimate of drug-likeness (QED) is 0.434. The summed E-state index contributed by atoms with van der Waals surface area (Å²) >= 11 is 5.82. The molecule has 0 aliphatic heterocycles. The molecule has 2 rings (SSSR count). The summed E-state index contributed by atoms with van der Waals surface area (Å²) in [4.78, 5) is 14.5. The van der Waals surface area contributed by atoms with Gasteiger partial charge in [0.15, 0.2) is 0 Å². The van der Waals surface area contributed by atoms with E-state index in [0.29, 0.717) is 10.7 Å². The Balaban J connectivity index is 2.41. The van der Waals surface area contributed by atoms with Crippen LogP contribution in [0.3, 0.4) is 0 Å². The number of nitrogens with one attached hydrogen (secondary N) is 2. The molecule has 0 bridgehead atoms. The largest absolute Gasteiger partial charge is 0.350 e. The van der Waals surface area contributed by atoms with Crippen molar-refractivity contribution < 1.29 is 4.79 Å². The van der Waals surface area contributed by atoms with Gasteiger partial charge in [-0.1, -0.05) is 23.7 Å². The molecule has 4 N–H and O–H groups in total. The molecule has 0 atom stereocenters. The molecule has 1 aromatic heterocycles. The number of aromatic nitrogens is 1. The van der Waals surface area contributed by atoms with Crippen molar-refractivity contribution in [1.29, 1.82) is 0 Å². The van der Waals surface area contributed by atoms with Gasteiger partial charge in [0.1, 0.15) is 5.69 Å². The van der Waals surface area contributed by atoms with Crippen molar-refractivity contribution in [1.82, 2.24) is 10.4 Å². The van der Waals surface area contributed by atoms with Crippen LogP contribution >= 0.6 is 11.6 Å². The number of benzene rings is 1. The Kier molecular flexibility index (Phi) is 3.17. The molecule has 0 saturated heterocycles. The lowest BCUT2D eigenvalue weighted by Gasteiger charge is -1.99. The smallest absolute Gasteiger partial charge is 0.281 e. The van der Waals surface area contributed by atoms with Crippen LogP contribution in [0.25, 0.3) is 11.3 Å². The minimum atomic E-state index is -0.331. The number of aryl methyl sites for hydroxylation is 1. The summed E-state index contributed by atoms with van der Waals surface area (Å²) in [5.74, 6) is 4.77. The van der Waals surface area contributed by atoms with E-state index in [-0.39, 0.29) is 5.91 Å². The van der Waals surface area contributed by atoms with Gasteiger partial charge in [-0.15, -0.1) is 0 Å². The van der Waals surface area contributed by atoms with Gasteiger partial charge in [-0.25, -0.2) is 5.84 Å². The van der Waals surface area contributed by atoms with E-state index in [2.05, 4.69) is 10.4 Å². The van der Waals surface area contributed by atoms with Gasteiger partial charge in [0.05, 0.1) is 0 Å². The minimum Gasteiger partial charge on any atom is -0.350 e. The second-order valence-electron chi connectivity index (χ2n) is 3.72. The Hall–Kier alpha value is -1.78. The summed E-state index contributed by atoms with van der Waals surface area (Å²) < 4.78 is 0. The van der Waals surface area contributed by atoms with E-state index >= 15 is 0 Å². The van der Waals surface area contributed by atoms with Gasteiger partial charge in [-0.3, -0.25) is 10.2 Å². The van der Waals surface area contributed by atoms with Crippen LogP contribution in [0.1, 0.15) is 16.1 Å². The van der Waals surface area contributed by atoms with Crippen molar-refractivity contribution in [2.24, 2.45) is 5.84 Å². The molecule has 1 amide bonds. The molecule has 88 valence electrons. The van der Waals surface area contributed by atoms with Gasteiger partial charge >= 0.3 is 0 Å². The molecule has 0 unspecified atom stereocenters. The van der Waals surface area contributed by atoms with Crippen molar-refractivity contribution in [3.63, 3.8) is 0 Å². The number of aromatic amines is 1. The second kappa shape index (κ2) is 4.61. The van der Waals surface area contributed by atoms with Gasteiger partial charge in [0.25, 0.3) is 5.91 Å². The third-order valence-corrected chi connectivity index (χ3v) is 2.78. The maximum absolute atomic E-state index is 11.4. The molecule has 17 heavy (non-hydrogen) atoms. The minimum absolute atomic E-state index is 0.331. The third-order valence-electron chi connectivity index (χ3n) is 2.53.